The molecule has 0 fully saturated rings. The number of methoxy groups -OCH3 is 1. The Bertz CT molecular complexity index is 1120. The van der Waals surface area contributed by atoms with Crippen molar-refractivity contribution in [1.29, 1.82) is 0 Å². The zero-order valence-corrected chi connectivity index (χ0v) is 16.5. The monoisotopic (exact) mass is 402 g/mol. The largest absolute Gasteiger partial charge is 0.497 e. The Morgan fingerprint density at radius 1 is 0.833 bits per heavy atom. The van der Waals surface area contributed by atoms with Gasteiger partial charge in [-0.1, -0.05) is 30.3 Å². The number of nitrogens with zero attached hydrogens (tertiary/aromatic N) is 2. The highest BCUT2D eigenvalue weighted by Gasteiger charge is 2.42. The molecule has 0 aliphatic carbocycles. The van der Waals surface area contributed by atoms with E-state index in [1.165, 1.54) is 24.3 Å². The molecule has 3 aromatic carbocycles. The van der Waals surface area contributed by atoms with Gasteiger partial charge in [0.05, 0.1) is 18.4 Å². The summed E-state index contributed by atoms with van der Waals surface area (Å²) in [6, 6.07) is 21.6. The predicted octanol–water partition coefficient (Wildman–Crippen LogP) is 4.26. The van der Waals surface area contributed by atoms with Gasteiger partial charge in [-0.2, -0.15) is 0 Å². The molecule has 0 bridgehead atoms. The van der Waals surface area contributed by atoms with Crippen LogP contribution in [0.4, 0.5) is 15.8 Å². The topological polar surface area (TPSA) is 49.9 Å². The van der Waals surface area contributed by atoms with Gasteiger partial charge in [-0.25, -0.2) is 9.29 Å². The first-order valence-electron chi connectivity index (χ1n) is 9.33. The summed E-state index contributed by atoms with van der Waals surface area (Å²) in [4.78, 5) is 29.6. The zero-order valence-electron chi connectivity index (χ0n) is 16.5. The van der Waals surface area contributed by atoms with E-state index in [-0.39, 0.29) is 11.3 Å². The molecular weight excluding hydrogens is 383 g/mol. The van der Waals surface area contributed by atoms with Crippen LogP contribution in [0.5, 0.6) is 5.75 Å². The Kier molecular flexibility index (Phi) is 5.06. The van der Waals surface area contributed by atoms with Crippen LogP contribution in [0.2, 0.25) is 0 Å². The normalized spacial score (nSPS) is 13.8. The quantitative estimate of drug-likeness (QED) is 0.599. The second-order valence-corrected chi connectivity index (χ2v) is 6.77. The number of rotatable bonds is 5. The van der Waals surface area contributed by atoms with Crippen molar-refractivity contribution in [2.45, 2.75) is 0 Å². The number of ether oxygens (including phenoxy) is 1. The molecule has 0 saturated heterocycles. The lowest BCUT2D eigenvalue weighted by atomic mass is 10.0. The molecule has 30 heavy (non-hydrogen) atoms. The summed E-state index contributed by atoms with van der Waals surface area (Å²) >= 11 is 0. The van der Waals surface area contributed by atoms with E-state index in [2.05, 4.69) is 0 Å². The van der Waals surface area contributed by atoms with E-state index in [9.17, 15) is 14.0 Å². The lowest BCUT2D eigenvalue weighted by molar-refractivity contribution is -0.120. The van der Waals surface area contributed by atoms with Crippen molar-refractivity contribution in [2.75, 3.05) is 24.0 Å². The number of carbonyl (C=O) groups excluding carboxylic acids is 2. The minimum absolute atomic E-state index is 0.251. The molecule has 6 heteroatoms. The molecule has 0 radical (unpaired) electrons. The first kappa shape index (κ1) is 19.4. The second kappa shape index (κ2) is 7.83. The van der Waals surface area contributed by atoms with Crippen molar-refractivity contribution in [1.82, 2.24) is 0 Å². The number of carbonyl (C=O) groups is 2. The molecule has 5 nitrogen and oxygen atoms in total. The fourth-order valence-corrected chi connectivity index (χ4v) is 3.45. The summed E-state index contributed by atoms with van der Waals surface area (Å²) in [5.41, 5.74) is 2.20. The van der Waals surface area contributed by atoms with Crippen LogP contribution in [0, 0.1) is 5.82 Å². The van der Waals surface area contributed by atoms with E-state index in [1.54, 1.807) is 43.3 Å². The molecule has 1 aliphatic heterocycles. The summed E-state index contributed by atoms with van der Waals surface area (Å²) in [6.07, 6.45) is 0. The number of amides is 2. The van der Waals surface area contributed by atoms with E-state index < -0.39 is 17.6 Å². The van der Waals surface area contributed by atoms with Crippen molar-refractivity contribution >= 4 is 28.8 Å². The van der Waals surface area contributed by atoms with E-state index >= 15 is 0 Å². The van der Waals surface area contributed by atoms with E-state index in [0.29, 0.717) is 17.0 Å². The minimum atomic E-state index is -0.469. The van der Waals surface area contributed by atoms with Gasteiger partial charge in [0.2, 0.25) is 0 Å². The van der Waals surface area contributed by atoms with Gasteiger partial charge in [0, 0.05) is 12.7 Å². The number of likely N-dealkylation sites (N-methyl/N-ethyl adjacent to an activating group) is 1. The Hall–Kier alpha value is -3.93. The van der Waals surface area contributed by atoms with E-state index in [4.69, 9.17) is 4.74 Å². The van der Waals surface area contributed by atoms with Crippen LogP contribution < -0.4 is 14.5 Å². The van der Waals surface area contributed by atoms with Crippen molar-refractivity contribution in [3.8, 4) is 5.75 Å². The van der Waals surface area contributed by atoms with Crippen LogP contribution in [-0.4, -0.2) is 26.0 Å². The molecule has 0 atom stereocenters. The smallest absolute Gasteiger partial charge is 0.282 e. The maximum absolute atomic E-state index is 13.4. The third kappa shape index (κ3) is 3.33. The molecule has 3 aromatic rings. The molecular formula is C24H19FN2O3. The summed E-state index contributed by atoms with van der Waals surface area (Å²) < 4.78 is 18.6. The highest BCUT2D eigenvalue weighted by atomic mass is 19.1. The highest BCUT2D eigenvalue weighted by Crippen LogP contribution is 2.36. The summed E-state index contributed by atoms with van der Waals surface area (Å²) in [5, 5.41) is 0. The highest BCUT2D eigenvalue weighted by molar-refractivity contribution is 6.46. The molecule has 1 aliphatic rings. The molecule has 0 aromatic heterocycles. The molecule has 1 heterocycles. The molecule has 0 saturated carbocycles. The molecule has 0 spiro atoms. The van der Waals surface area contributed by atoms with Gasteiger partial charge in [-0.15, -0.1) is 0 Å². The van der Waals surface area contributed by atoms with Crippen LogP contribution in [0.3, 0.4) is 0 Å². The number of hydrogen-bond acceptors (Lipinski definition) is 4. The molecule has 2 amide bonds. The summed E-state index contributed by atoms with van der Waals surface area (Å²) in [6.45, 7) is 0. The van der Waals surface area contributed by atoms with Crippen LogP contribution in [-0.2, 0) is 9.59 Å². The predicted molar refractivity (Wildman–Crippen MR) is 114 cm³/mol. The van der Waals surface area contributed by atoms with Crippen molar-refractivity contribution in [2.24, 2.45) is 0 Å². The Balaban J connectivity index is 1.86. The number of hydrogen-bond donors (Lipinski definition) is 0. The van der Waals surface area contributed by atoms with Crippen molar-refractivity contribution in [3.63, 3.8) is 0 Å². The van der Waals surface area contributed by atoms with Gasteiger partial charge in [0.1, 0.15) is 17.3 Å². The SMILES string of the molecule is COc1ccc(C2=C(N(C)c3ccccc3)C(=O)N(c3ccc(F)cc3)C2=O)cc1. The Morgan fingerprint density at radius 2 is 1.47 bits per heavy atom. The number of benzene rings is 3. The molecule has 0 unspecified atom stereocenters. The minimum Gasteiger partial charge on any atom is -0.497 e. The lowest BCUT2D eigenvalue weighted by Gasteiger charge is -2.21. The van der Waals surface area contributed by atoms with Crippen LogP contribution in [0.1, 0.15) is 5.56 Å². The first-order chi connectivity index (χ1) is 14.5. The van der Waals surface area contributed by atoms with Crippen LogP contribution in [0.15, 0.2) is 84.6 Å². The first-order valence-corrected chi connectivity index (χ1v) is 9.33. The molecule has 0 N–H and O–H groups in total. The Labute approximate surface area is 173 Å². The summed E-state index contributed by atoms with van der Waals surface area (Å²) in [5.74, 6) is -0.731. The lowest BCUT2D eigenvalue weighted by Crippen LogP contribution is -2.34. The fourth-order valence-electron chi connectivity index (χ4n) is 3.45. The van der Waals surface area contributed by atoms with Gasteiger partial charge in [-0.05, 0) is 54.1 Å². The van der Waals surface area contributed by atoms with Gasteiger partial charge in [0.15, 0.2) is 0 Å². The number of imide groups is 1. The average Bonchev–Trinajstić information content (AvgIpc) is 3.04. The number of anilines is 2. The van der Waals surface area contributed by atoms with Gasteiger partial charge < -0.3 is 9.64 Å². The van der Waals surface area contributed by atoms with Gasteiger partial charge in [-0.3, -0.25) is 9.59 Å². The fraction of sp³-hybridized carbons (Fsp3) is 0.0833. The van der Waals surface area contributed by atoms with Gasteiger partial charge in [0.25, 0.3) is 11.8 Å². The van der Waals surface area contributed by atoms with E-state index in [1.807, 2.05) is 30.3 Å². The molecule has 4 rings (SSSR count). The van der Waals surface area contributed by atoms with Crippen molar-refractivity contribution in [3.05, 3.63) is 95.9 Å². The maximum Gasteiger partial charge on any atom is 0.282 e. The number of para-hydroxylation sites is 1. The second-order valence-electron chi connectivity index (χ2n) is 6.77. The molecule has 150 valence electrons. The van der Waals surface area contributed by atoms with Crippen LogP contribution in [0.25, 0.3) is 5.57 Å². The van der Waals surface area contributed by atoms with E-state index in [0.717, 1.165) is 10.6 Å². The van der Waals surface area contributed by atoms with Gasteiger partial charge >= 0.3 is 0 Å². The average molecular weight is 402 g/mol. The third-order valence-electron chi connectivity index (χ3n) is 5.00. The Morgan fingerprint density at radius 3 is 2.07 bits per heavy atom. The maximum atomic E-state index is 13.4. The van der Waals surface area contributed by atoms with Crippen LogP contribution >= 0.6 is 0 Å². The van der Waals surface area contributed by atoms with Crippen molar-refractivity contribution < 1.29 is 18.7 Å². The summed E-state index contributed by atoms with van der Waals surface area (Å²) in [7, 11) is 3.30. The third-order valence-corrected chi connectivity index (χ3v) is 5.00. The number of halogens is 1. The zero-order chi connectivity index (χ0) is 21.3. The standard InChI is InChI=1S/C24H19FN2O3/c1-26(18-6-4-3-5-7-18)22-21(16-8-14-20(30-2)15-9-16)23(28)27(24(22)29)19-12-10-17(25)11-13-19/h3-15H,1-2H3.